The van der Waals surface area contributed by atoms with Crippen LogP contribution >= 0.6 is 0 Å². The van der Waals surface area contributed by atoms with Gasteiger partial charge < -0.3 is 9.80 Å². The third-order valence-electron chi connectivity index (χ3n) is 5.34. The molecule has 0 unspecified atom stereocenters. The molecule has 0 bridgehead atoms. The molecule has 8 heteroatoms. The van der Waals surface area contributed by atoms with E-state index < -0.39 is 11.2 Å². The molecule has 2 aliphatic rings. The Morgan fingerprint density at radius 2 is 1.64 bits per heavy atom. The van der Waals surface area contributed by atoms with Gasteiger partial charge in [0.1, 0.15) is 11.9 Å². The van der Waals surface area contributed by atoms with E-state index in [-0.39, 0.29) is 17.4 Å². The van der Waals surface area contributed by atoms with Crippen molar-refractivity contribution in [3.63, 3.8) is 0 Å². The van der Waals surface area contributed by atoms with E-state index in [1.165, 1.54) is 11.6 Å². The lowest BCUT2D eigenvalue weighted by Crippen LogP contribution is -2.52. The van der Waals surface area contributed by atoms with Gasteiger partial charge in [-0.1, -0.05) is 12.8 Å². The summed E-state index contributed by atoms with van der Waals surface area (Å²) in [5.74, 6) is 0.716. The Morgan fingerprint density at radius 1 is 1.04 bits per heavy atom. The average molecular weight is 345 g/mol. The van der Waals surface area contributed by atoms with Gasteiger partial charge in [-0.2, -0.15) is 5.26 Å². The molecule has 1 aliphatic heterocycles. The van der Waals surface area contributed by atoms with Crippen LogP contribution in [0.2, 0.25) is 0 Å². The first-order valence-corrected chi connectivity index (χ1v) is 8.69. The first kappa shape index (κ1) is 17.3. The van der Waals surface area contributed by atoms with Crippen molar-refractivity contribution in [1.82, 2.24) is 14.0 Å². The third kappa shape index (κ3) is 2.95. The number of anilines is 1. The van der Waals surface area contributed by atoms with Crippen molar-refractivity contribution in [1.29, 1.82) is 5.26 Å². The third-order valence-corrected chi connectivity index (χ3v) is 5.34. The van der Waals surface area contributed by atoms with Crippen molar-refractivity contribution in [2.75, 3.05) is 31.1 Å². The molecule has 0 aromatic carbocycles. The Morgan fingerprint density at radius 3 is 2.20 bits per heavy atom. The van der Waals surface area contributed by atoms with Gasteiger partial charge in [-0.05, 0) is 12.8 Å². The van der Waals surface area contributed by atoms with E-state index >= 15 is 0 Å². The van der Waals surface area contributed by atoms with Gasteiger partial charge in [-0.15, -0.1) is 0 Å². The predicted molar refractivity (Wildman–Crippen MR) is 92.4 cm³/mol. The van der Waals surface area contributed by atoms with Crippen LogP contribution in [0.4, 0.5) is 5.82 Å². The number of hydrogen-bond donors (Lipinski definition) is 0. The van der Waals surface area contributed by atoms with E-state index in [1.54, 1.807) is 7.05 Å². The molecule has 0 atom stereocenters. The van der Waals surface area contributed by atoms with Gasteiger partial charge in [0.2, 0.25) is 5.91 Å². The molecule has 1 aromatic rings. The van der Waals surface area contributed by atoms with Crippen LogP contribution in [0.15, 0.2) is 9.59 Å². The summed E-state index contributed by atoms with van der Waals surface area (Å²) in [5.41, 5.74) is -1.06. The molecule has 2 fully saturated rings. The second-order valence-corrected chi connectivity index (χ2v) is 6.81. The summed E-state index contributed by atoms with van der Waals surface area (Å²) in [6.45, 7) is 2.11. The largest absolute Gasteiger partial charge is 0.353 e. The highest BCUT2D eigenvalue weighted by atomic mass is 16.2. The van der Waals surface area contributed by atoms with Crippen LogP contribution in [0.3, 0.4) is 0 Å². The first-order valence-electron chi connectivity index (χ1n) is 8.69. The molecule has 1 amide bonds. The highest BCUT2D eigenvalue weighted by Crippen LogP contribution is 2.27. The fourth-order valence-electron chi connectivity index (χ4n) is 3.87. The predicted octanol–water partition coefficient (Wildman–Crippen LogP) is -0.206. The van der Waals surface area contributed by atoms with Gasteiger partial charge in [0.05, 0.1) is 0 Å². The van der Waals surface area contributed by atoms with Crippen LogP contribution in [0.25, 0.3) is 0 Å². The van der Waals surface area contributed by atoms with Gasteiger partial charge in [0.15, 0.2) is 5.56 Å². The van der Waals surface area contributed by atoms with Crippen LogP contribution in [-0.4, -0.2) is 46.1 Å². The Kier molecular flexibility index (Phi) is 4.66. The molecule has 3 rings (SSSR count). The van der Waals surface area contributed by atoms with Gasteiger partial charge in [-0.3, -0.25) is 18.7 Å². The van der Waals surface area contributed by atoms with Gasteiger partial charge in [0, 0.05) is 46.2 Å². The van der Waals surface area contributed by atoms with Crippen molar-refractivity contribution >= 4 is 11.7 Å². The second kappa shape index (κ2) is 6.75. The molecule has 1 saturated carbocycles. The number of nitriles is 1. The summed E-state index contributed by atoms with van der Waals surface area (Å²) >= 11 is 0. The maximum atomic E-state index is 12.5. The lowest BCUT2D eigenvalue weighted by molar-refractivity contribution is -0.135. The summed E-state index contributed by atoms with van der Waals surface area (Å²) < 4.78 is 2.29. The van der Waals surface area contributed by atoms with Crippen LogP contribution in [0.5, 0.6) is 0 Å². The Hall–Kier alpha value is -2.56. The maximum absolute atomic E-state index is 12.5. The van der Waals surface area contributed by atoms with Gasteiger partial charge in [-0.25, -0.2) is 4.79 Å². The molecule has 1 saturated heterocycles. The fourth-order valence-corrected chi connectivity index (χ4v) is 3.87. The topological polar surface area (TPSA) is 91.3 Å². The van der Waals surface area contributed by atoms with Crippen molar-refractivity contribution < 1.29 is 4.79 Å². The summed E-state index contributed by atoms with van der Waals surface area (Å²) in [6, 6.07) is 1.93. The van der Waals surface area contributed by atoms with E-state index in [0.717, 1.165) is 30.3 Å². The number of aromatic nitrogens is 2. The normalized spacial score (nSPS) is 18.4. The standard InChI is InChI=1S/C17H23N5O3/c1-19-14(13(11-18)16(24)20(2)17(19)25)21-7-9-22(10-8-21)15(23)12-5-3-4-6-12/h12H,3-10H2,1-2H3. The number of hydrogen-bond acceptors (Lipinski definition) is 5. The monoisotopic (exact) mass is 345 g/mol. The van der Waals surface area contributed by atoms with Crippen LogP contribution < -0.4 is 16.1 Å². The molecule has 0 radical (unpaired) electrons. The van der Waals surface area contributed by atoms with Crippen molar-refractivity contribution in [2.24, 2.45) is 20.0 Å². The summed E-state index contributed by atoms with van der Waals surface area (Å²) in [4.78, 5) is 40.7. The number of carbonyl (C=O) groups is 1. The Balaban J connectivity index is 1.82. The molecule has 8 nitrogen and oxygen atoms in total. The van der Waals surface area contributed by atoms with Crippen LogP contribution in [0.1, 0.15) is 31.2 Å². The van der Waals surface area contributed by atoms with Crippen molar-refractivity contribution in [2.45, 2.75) is 25.7 Å². The van der Waals surface area contributed by atoms with Crippen LogP contribution in [0, 0.1) is 17.2 Å². The maximum Gasteiger partial charge on any atom is 0.332 e. The molecular formula is C17H23N5O3. The quantitative estimate of drug-likeness (QED) is 0.740. The molecule has 0 spiro atoms. The molecule has 134 valence electrons. The minimum absolute atomic E-state index is 0.0276. The smallest absolute Gasteiger partial charge is 0.332 e. The van der Waals surface area contributed by atoms with E-state index in [1.807, 2.05) is 15.9 Å². The number of carbonyl (C=O) groups excluding carboxylic acids is 1. The molecule has 2 heterocycles. The molecule has 1 aliphatic carbocycles. The van der Waals surface area contributed by atoms with Crippen molar-refractivity contribution in [3.05, 3.63) is 26.4 Å². The van der Waals surface area contributed by atoms with E-state index in [4.69, 9.17) is 0 Å². The second-order valence-electron chi connectivity index (χ2n) is 6.81. The zero-order chi connectivity index (χ0) is 18.1. The van der Waals surface area contributed by atoms with E-state index in [2.05, 4.69) is 0 Å². The lowest BCUT2D eigenvalue weighted by atomic mass is 10.1. The molecule has 1 aromatic heterocycles. The Labute approximate surface area is 145 Å². The zero-order valence-corrected chi connectivity index (χ0v) is 14.7. The molecular weight excluding hydrogens is 322 g/mol. The zero-order valence-electron chi connectivity index (χ0n) is 14.7. The number of rotatable bonds is 2. The highest BCUT2D eigenvalue weighted by Gasteiger charge is 2.31. The summed E-state index contributed by atoms with van der Waals surface area (Å²) in [6.07, 6.45) is 4.19. The first-order chi connectivity index (χ1) is 12.0. The van der Waals surface area contributed by atoms with E-state index in [9.17, 15) is 19.6 Å². The summed E-state index contributed by atoms with van der Waals surface area (Å²) in [5, 5.41) is 9.38. The average Bonchev–Trinajstić information content (AvgIpc) is 3.17. The van der Waals surface area contributed by atoms with E-state index in [0.29, 0.717) is 32.0 Å². The van der Waals surface area contributed by atoms with Gasteiger partial charge >= 0.3 is 5.69 Å². The minimum Gasteiger partial charge on any atom is -0.353 e. The number of amides is 1. The SMILES string of the molecule is Cn1c(N2CCN(C(=O)C3CCCC3)CC2)c(C#N)c(=O)n(C)c1=O. The number of nitrogens with zero attached hydrogens (tertiary/aromatic N) is 5. The van der Waals surface area contributed by atoms with Crippen LogP contribution in [-0.2, 0) is 18.9 Å². The molecule has 25 heavy (non-hydrogen) atoms. The number of piperazine rings is 1. The van der Waals surface area contributed by atoms with Gasteiger partial charge in [0.25, 0.3) is 5.56 Å². The highest BCUT2D eigenvalue weighted by molar-refractivity contribution is 5.79. The Bertz CT molecular complexity index is 834. The fraction of sp³-hybridized carbons (Fsp3) is 0.647. The minimum atomic E-state index is -0.579. The summed E-state index contributed by atoms with van der Waals surface area (Å²) in [7, 11) is 2.93. The molecule has 0 N–H and O–H groups in total. The van der Waals surface area contributed by atoms with Crippen molar-refractivity contribution in [3.8, 4) is 6.07 Å². The lowest BCUT2D eigenvalue weighted by Gasteiger charge is -2.37.